The second-order valence-corrected chi connectivity index (χ2v) is 24.8. The number of anilines is 2. The van der Waals surface area contributed by atoms with Crippen LogP contribution in [0.4, 0.5) is 21.0 Å². The van der Waals surface area contributed by atoms with E-state index in [0.29, 0.717) is 94.0 Å². The molecule has 5 aliphatic rings. The van der Waals surface area contributed by atoms with Gasteiger partial charge in [0.05, 0.1) is 42.4 Å². The highest BCUT2D eigenvalue weighted by Crippen LogP contribution is 2.46. The van der Waals surface area contributed by atoms with Crippen LogP contribution < -0.4 is 51.0 Å². The maximum Gasteiger partial charge on any atom is 0.417 e. The number of nitrogens with two attached hydrogens (primary N) is 1. The lowest BCUT2D eigenvalue weighted by Gasteiger charge is -2.33. The number of amides is 10. The summed E-state index contributed by atoms with van der Waals surface area (Å²) in [5.74, 6) is -1.59. The first-order valence-electron chi connectivity index (χ1n) is 31.3. The van der Waals surface area contributed by atoms with Crippen LogP contribution in [0.3, 0.4) is 0 Å². The normalized spacial score (nSPS) is 18.3. The standard InChI is InChI=1S/C67H84ClN9O14/c1-41(2)60(73-55(78)27-9-7-13-32-75-57(80)29-30-58(75)81)62(83)72-48(25-17-31-70-65(69)86)61(82)71-44-21-15-19-42(20-16-22-44)40-90-52-37-51-59(46-24-12-11-23-45(46)52)43(38-68)39-76(51)56(79)28-10-8-14-34-89-54-36-50-47(35-53(54)88-6)63(84)74-33-18-26-49(74)64(85)77(50)66(87)91-67(3,4)5/h11-12,15-16,19-20,23-24,29-30,35-37,41,43,48-49,60,64,85H,7-10,13-14,17-18,21,25-28,31-34,38-40H2,1-6H3,(H,71,82)(H,72,83)(H,73,78)(H3,69,70,86)/t22?,43-,48?,49?,60+,64?/m1/s1. The number of rotatable bonds is 28. The molecular formula is C67H84ClN9O14. The summed E-state index contributed by atoms with van der Waals surface area (Å²) in [5, 5.41) is 24.4. The van der Waals surface area contributed by atoms with E-state index in [-0.39, 0.29) is 110 Å². The van der Waals surface area contributed by atoms with E-state index in [1.807, 2.05) is 42.5 Å². The van der Waals surface area contributed by atoms with Gasteiger partial charge in [-0.2, -0.15) is 0 Å². The van der Waals surface area contributed by atoms with Gasteiger partial charge in [-0.1, -0.05) is 62.4 Å². The monoisotopic (exact) mass is 1270 g/mol. The number of halogens is 1. The van der Waals surface area contributed by atoms with Gasteiger partial charge in [-0.15, -0.1) is 11.6 Å². The summed E-state index contributed by atoms with van der Waals surface area (Å²) in [7, 11) is 1.47. The average Bonchev–Trinajstić information content (AvgIpc) is 1.66. The number of ether oxygens (including phenoxy) is 4. The Kier molecular flexibility index (Phi) is 23.5. The molecule has 3 aromatic rings. The van der Waals surface area contributed by atoms with Crippen molar-refractivity contribution in [3.63, 3.8) is 0 Å². The number of unbranched alkanes of at least 4 members (excludes halogenated alkanes) is 4. The second kappa shape index (κ2) is 31.4. The molecule has 23 nitrogen and oxygen atoms in total. The third kappa shape index (κ3) is 17.4. The minimum absolute atomic E-state index is 0.0650. The Balaban J connectivity index is 0.872. The Morgan fingerprint density at radius 2 is 1.57 bits per heavy atom. The molecule has 8 rings (SSSR count). The first-order valence-corrected chi connectivity index (χ1v) is 31.8. The highest BCUT2D eigenvalue weighted by atomic mass is 35.5. The number of urea groups is 1. The van der Waals surface area contributed by atoms with Gasteiger partial charge in [-0.25, -0.2) is 14.5 Å². The Labute approximate surface area is 535 Å². The number of carbonyl (C=O) groups is 9. The maximum absolute atomic E-state index is 14.2. The second-order valence-electron chi connectivity index (χ2n) is 24.5. The Morgan fingerprint density at radius 1 is 0.846 bits per heavy atom. The van der Waals surface area contributed by atoms with Crippen LogP contribution in [0.25, 0.3) is 10.8 Å². The van der Waals surface area contributed by atoms with Crippen molar-refractivity contribution in [1.29, 1.82) is 0 Å². The predicted octanol–water partition coefficient (Wildman–Crippen LogP) is 7.81. The van der Waals surface area contributed by atoms with Gasteiger partial charge >= 0.3 is 12.1 Å². The number of primary amides is 1. The third-order valence-electron chi connectivity index (χ3n) is 16.4. The predicted molar refractivity (Wildman–Crippen MR) is 342 cm³/mol. The average molecular weight is 1270 g/mol. The lowest BCUT2D eigenvalue weighted by atomic mass is 9.95. The van der Waals surface area contributed by atoms with Crippen LogP contribution in [0.2, 0.25) is 0 Å². The van der Waals surface area contributed by atoms with Crippen LogP contribution in [0.15, 0.2) is 95.9 Å². The van der Waals surface area contributed by atoms with Gasteiger partial charge in [0.1, 0.15) is 30.0 Å². The first kappa shape index (κ1) is 68.3. The maximum atomic E-state index is 14.2. The molecule has 0 radical (unpaired) electrons. The number of allylic oxidation sites excluding steroid dienone is 2. The van der Waals surface area contributed by atoms with Crippen molar-refractivity contribution in [2.45, 2.75) is 154 Å². The fourth-order valence-electron chi connectivity index (χ4n) is 11.8. The number of fused-ring (bicyclic) bond motifs is 5. The number of hydrogen-bond donors (Lipinski definition) is 6. The van der Waals surface area contributed by atoms with Crippen LogP contribution in [0.5, 0.6) is 17.2 Å². The lowest BCUT2D eigenvalue weighted by Crippen LogP contribution is -2.55. The summed E-state index contributed by atoms with van der Waals surface area (Å²) in [5.41, 5.74) is 10.8. The van der Waals surface area contributed by atoms with Crippen LogP contribution in [-0.2, 0) is 33.5 Å². The summed E-state index contributed by atoms with van der Waals surface area (Å²) in [6.07, 6.45) is 13.1. The van der Waals surface area contributed by atoms with Gasteiger partial charge in [0, 0.05) is 86.9 Å². The van der Waals surface area contributed by atoms with Gasteiger partial charge < -0.3 is 60.9 Å². The molecule has 3 unspecified atom stereocenters. The van der Waals surface area contributed by atoms with Gasteiger partial charge in [0.25, 0.3) is 17.7 Å². The van der Waals surface area contributed by atoms with E-state index >= 15 is 0 Å². The van der Waals surface area contributed by atoms with Crippen LogP contribution in [0, 0.1) is 5.92 Å². The molecule has 91 heavy (non-hydrogen) atoms. The molecule has 0 bridgehead atoms. The van der Waals surface area contributed by atoms with E-state index in [4.69, 9.17) is 36.3 Å². The molecule has 1 aliphatic carbocycles. The van der Waals surface area contributed by atoms with Crippen molar-refractivity contribution in [2.75, 3.05) is 62.2 Å². The quantitative estimate of drug-likeness (QED) is 0.0175. The minimum atomic E-state index is -1.35. The zero-order valence-electron chi connectivity index (χ0n) is 52.6. The van der Waals surface area contributed by atoms with Crippen LogP contribution >= 0.6 is 11.6 Å². The molecule has 5 atom stereocenters. The number of nitrogens with one attached hydrogen (secondary N) is 4. The highest BCUT2D eigenvalue weighted by molar-refractivity contribution is 6.19. The summed E-state index contributed by atoms with van der Waals surface area (Å²) in [6, 6.07) is 9.48. The van der Waals surface area contributed by atoms with E-state index < -0.39 is 53.9 Å². The van der Waals surface area contributed by atoms with E-state index in [2.05, 4.69) is 27.0 Å². The topological polar surface area (TPSA) is 298 Å². The molecule has 24 heteroatoms. The minimum Gasteiger partial charge on any atom is -0.493 e. The largest absolute Gasteiger partial charge is 0.493 e. The van der Waals surface area contributed by atoms with E-state index in [1.54, 1.807) is 68.7 Å². The van der Waals surface area contributed by atoms with Gasteiger partial charge in [0.2, 0.25) is 23.6 Å². The summed E-state index contributed by atoms with van der Waals surface area (Å²) >= 11 is 6.63. The number of aliphatic hydroxyl groups excluding tert-OH is 1. The number of alkyl halides is 1. The van der Waals surface area contributed by atoms with Crippen LogP contribution in [-0.4, -0.2) is 151 Å². The molecule has 4 heterocycles. The summed E-state index contributed by atoms with van der Waals surface area (Å²) in [4.78, 5) is 123. The highest BCUT2D eigenvalue weighted by Gasteiger charge is 2.46. The van der Waals surface area contributed by atoms with E-state index in [1.165, 1.54) is 19.3 Å². The number of methoxy groups -OCH3 is 1. The van der Waals surface area contributed by atoms with Crippen molar-refractivity contribution in [3.05, 3.63) is 107 Å². The first-order chi connectivity index (χ1) is 43.6. The molecule has 10 amide bonds. The summed E-state index contributed by atoms with van der Waals surface area (Å²) in [6.45, 7) is 10.4. The Bertz CT molecular complexity index is 3400. The molecule has 1 saturated heterocycles. The number of imide groups is 1. The zero-order chi connectivity index (χ0) is 65.5. The van der Waals surface area contributed by atoms with Gasteiger partial charge in [0.15, 0.2) is 17.7 Å². The fraction of sp³-hybridized carbons (Fsp3) is 0.493. The molecule has 0 spiro atoms. The number of aliphatic hydroxyl groups is 1. The molecule has 0 aromatic heterocycles. The Morgan fingerprint density at radius 3 is 2.29 bits per heavy atom. The molecule has 0 saturated carbocycles. The smallest absolute Gasteiger partial charge is 0.417 e. The summed E-state index contributed by atoms with van der Waals surface area (Å²) < 4.78 is 24.2. The van der Waals surface area contributed by atoms with Crippen molar-refractivity contribution >= 4 is 87.2 Å². The third-order valence-corrected chi connectivity index (χ3v) is 16.7. The van der Waals surface area contributed by atoms with Gasteiger partial charge in [-0.3, -0.25) is 38.5 Å². The van der Waals surface area contributed by atoms with Crippen molar-refractivity contribution in [3.8, 4) is 17.2 Å². The molecule has 488 valence electrons. The van der Waals surface area contributed by atoms with E-state index in [9.17, 15) is 48.3 Å². The Hall–Kier alpha value is -8.66. The molecule has 1 fully saturated rings. The van der Waals surface area contributed by atoms with Crippen molar-refractivity contribution in [2.24, 2.45) is 11.7 Å². The number of hydrogen-bond acceptors (Lipinski definition) is 14. The lowest BCUT2D eigenvalue weighted by molar-refractivity contribution is -0.137. The number of nitrogens with zero attached hydrogens (tertiary/aromatic N) is 4. The number of benzene rings is 3. The fourth-order valence-corrected chi connectivity index (χ4v) is 12.0. The van der Waals surface area contributed by atoms with Crippen molar-refractivity contribution in [1.82, 2.24) is 31.1 Å². The zero-order valence-corrected chi connectivity index (χ0v) is 53.4. The van der Waals surface area contributed by atoms with E-state index in [0.717, 1.165) is 37.4 Å². The van der Waals surface area contributed by atoms with Crippen LogP contribution in [0.1, 0.15) is 140 Å². The van der Waals surface area contributed by atoms with Gasteiger partial charge in [-0.05, 0) is 119 Å². The molecular weight excluding hydrogens is 1190 g/mol. The van der Waals surface area contributed by atoms with Crippen molar-refractivity contribution < 1.29 is 67.2 Å². The molecule has 3 aromatic carbocycles. The molecule has 4 aliphatic heterocycles. The number of carbonyl (C=O) groups excluding carboxylic acids is 9. The SMILES string of the molecule is COc1cc2c(cc1OCCCCCC(=O)N1C[C@@H](CCl)c3c1cc(OCC1=CC=C=C(NC(=O)C(CCCNC(N)=O)NC(=O)[C@@H](NC(=O)CCCCCN4C(=O)C=CC4=O)C(C)C)CC=C1)c1ccccc31)N(C(=O)OC(C)(C)C)C(O)C1CCCN1C2=O. The molecule has 7 N–H and O–H groups in total.